The summed E-state index contributed by atoms with van der Waals surface area (Å²) in [4.78, 5) is 15.6. The maximum absolute atomic E-state index is 11.6. The summed E-state index contributed by atoms with van der Waals surface area (Å²) < 4.78 is 10.5. The third-order valence-electron chi connectivity index (χ3n) is 3.02. The van der Waals surface area contributed by atoms with Gasteiger partial charge in [0.15, 0.2) is 0 Å². The fourth-order valence-electron chi connectivity index (χ4n) is 1.10. The first-order valence-electron chi connectivity index (χ1n) is 6.39. The number of likely N-dealkylation sites (N-methyl/N-ethyl adjacent to an activating group) is 2. The molecule has 0 aliphatic carbocycles. The highest BCUT2D eigenvalue weighted by atomic mass is 16.5. The lowest BCUT2D eigenvalue weighted by atomic mass is 10.1. The van der Waals surface area contributed by atoms with Crippen LogP contribution in [0.3, 0.4) is 0 Å². The van der Waals surface area contributed by atoms with E-state index in [9.17, 15) is 4.79 Å². The highest BCUT2D eigenvalue weighted by Crippen LogP contribution is 2.10. The maximum atomic E-state index is 11.6. The Hall–Kier alpha value is -0.650. The van der Waals surface area contributed by atoms with Crippen molar-refractivity contribution in [2.24, 2.45) is 0 Å². The van der Waals surface area contributed by atoms with Crippen molar-refractivity contribution in [3.63, 3.8) is 0 Å². The van der Waals surface area contributed by atoms with Crippen LogP contribution in [0.1, 0.15) is 20.8 Å². The second-order valence-corrected chi connectivity index (χ2v) is 5.30. The predicted octanol–water partition coefficient (Wildman–Crippen LogP) is 0.838. The van der Waals surface area contributed by atoms with E-state index >= 15 is 0 Å². The SMILES string of the molecule is CCOCCN(C)CC(=O)OCC(C)(C)N(C)C. The normalized spacial score (nSPS) is 12.2. The largest absolute Gasteiger partial charge is 0.463 e. The van der Waals surface area contributed by atoms with Crippen LogP contribution in [0.4, 0.5) is 0 Å². The van der Waals surface area contributed by atoms with Crippen LogP contribution in [0.15, 0.2) is 0 Å². The molecule has 0 heterocycles. The van der Waals surface area contributed by atoms with E-state index in [2.05, 4.69) is 0 Å². The molecule has 0 aromatic rings. The third-order valence-corrected chi connectivity index (χ3v) is 3.02. The van der Waals surface area contributed by atoms with Gasteiger partial charge in [0.05, 0.1) is 13.2 Å². The second kappa shape index (κ2) is 8.45. The zero-order valence-corrected chi connectivity index (χ0v) is 12.7. The van der Waals surface area contributed by atoms with Crippen LogP contribution < -0.4 is 0 Å². The summed E-state index contributed by atoms with van der Waals surface area (Å²) in [6.45, 7) is 8.82. The van der Waals surface area contributed by atoms with Gasteiger partial charge < -0.3 is 14.4 Å². The molecule has 0 saturated carbocycles. The van der Waals surface area contributed by atoms with Gasteiger partial charge in [0, 0.05) is 18.7 Å². The lowest BCUT2D eigenvalue weighted by Gasteiger charge is -2.31. The third kappa shape index (κ3) is 7.63. The first-order valence-corrected chi connectivity index (χ1v) is 6.39. The fraction of sp³-hybridized carbons (Fsp3) is 0.923. The molecule has 0 amide bonds. The highest BCUT2D eigenvalue weighted by Gasteiger charge is 2.22. The molecule has 0 spiro atoms. The number of nitrogens with zero attached hydrogens (tertiary/aromatic N) is 2. The number of carbonyl (C=O) groups is 1. The smallest absolute Gasteiger partial charge is 0.320 e. The molecule has 0 aliphatic rings. The first-order chi connectivity index (χ1) is 8.29. The van der Waals surface area contributed by atoms with Crippen molar-refractivity contribution >= 4 is 5.97 Å². The molecule has 0 aliphatic heterocycles. The minimum absolute atomic E-state index is 0.139. The van der Waals surface area contributed by atoms with Gasteiger partial charge in [-0.25, -0.2) is 0 Å². The Kier molecular flexibility index (Phi) is 8.15. The molecule has 0 atom stereocenters. The Morgan fingerprint density at radius 2 is 1.83 bits per heavy atom. The average Bonchev–Trinajstić information content (AvgIpc) is 2.26. The van der Waals surface area contributed by atoms with Gasteiger partial charge in [-0.2, -0.15) is 0 Å². The number of rotatable bonds is 9. The van der Waals surface area contributed by atoms with Gasteiger partial charge in [0.1, 0.15) is 6.61 Å². The Morgan fingerprint density at radius 1 is 1.22 bits per heavy atom. The summed E-state index contributed by atoms with van der Waals surface area (Å²) in [5.41, 5.74) is -0.139. The lowest BCUT2D eigenvalue weighted by molar-refractivity contribution is -0.148. The summed E-state index contributed by atoms with van der Waals surface area (Å²) in [6.07, 6.45) is 0. The minimum atomic E-state index is -0.191. The molecule has 108 valence electrons. The van der Waals surface area contributed by atoms with Crippen molar-refractivity contribution in [3.05, 3.63) is 0 Å². The van der Waals surface area contributed by atoms with Crippen molar-refractivity contribution in [3.8, 4) is 0 Å². The van der Waals surface area contributed by atoms with Crippen molar-refractivity contribution in [1.82, 2.24) is 9.80 Å². The first kappa shape index (κ1) is 17.4. The Balaban J connectivity index is 3.83. The predicted molar refractivity (Wildman–Crippen MR) is 72.7 cm³/mol. The average molecular weight is 260 g/mol. The molecular weight excluding hydrogens is 232 g/mol. The summed E-state index contributed by atoms with van der Waals surface area (Å²) in [5, 5.41) is 0. The number of esters is 1. The number of ether oxygens (including phenoxy) is 2. The standard InChI is InChI=1S/C13H28N2O3/c1-7-17-9-8-15(6)10-12(16)18-11-13(2,3)14(4)5/h7-11H2,1-6H3. The molecule has 0 saturated heterocycles. The Morgan fingerprint density at radius 3 is 2.33 bits per heavy atom. The van der Waals surface area contributed by atoms with Crippen LogP contribution in [0.5, 0.6) is 0 Å². The van der Waals surface area contributed by atoms with E-state index in [4.69, 9.17) is 9.47 Å². The van der Waals surface area contributed by atoms with Gasteiger partial charge >= 0.3 is 5.97 Å². The van der Waals surface area contributed by atoms with Gasteiger partial charge in [-0.05, 0) is 41.9 Å². The van der Waals surface area contributed by atoms with E-state index in [1.807, 2.05) is 51.7 Å². The van der Waals surface area contributed by atoms with Crippen LogP contribution in [0.2, 0.25) is 0 Å². The topological polar surface area (TPSA) is 42.0 Å². The summed E-state index contributed by atoms with van der Waals surface area (Å²) >= 11 is 0. The van der Waals surface area contributed by atoms with Gasteiger partial charge in [-0.3, -0.25) is 9.69 Å². The highest BCUT2D eigenvalue weighted by molar-refractivity contribution is 5.71. The number of hydrogen-bond acceptors (Lipinski definition) is 5. The van der Waals surface area contributed by atoms with Gasteiger partial charge in [0.25, 0.3) is 0 Å². The molecular formula is C13H28N2O3. The summed E-state index contributed by atoms with van der Waals surface area (Å²) in [5.74, 6) is -0.191. The molecule has 5 nitrogen and oxygen atoms in total. The summed E-state index contributed by atoms with van der Waals surface area (Å²) in [7, 11) is 5.83. The molecule has 0 rings (SSSR count). The molecule has 0 N–H and O–H groups in total. The number of carbonyl (C=O) groups excluding carboxylic acids is 1. The lowest BCUT2D eigenvalue weighted by Crippen LogP contribution is -2.43. The van der Waals surface area contributed by atoms with Crippen LogP contribution in [0, 0.1) is 0 Å². The second-order valence-electron chi connectivity index (χ2n) is 5.30. The zero-order valence-electron chi connectivity index (χ0n) is 12.7. The van der Waals surface area contributed by atoms with E-state index in [1.54, 1.807) is 0 Å². The molecule has 0 fully saturated rings. The quantitative estimate of drug-likeness (QED) is 0.454. The molecule has 0 bridgehead atoms. The van der Waals surface area contributed by atoms with Crippen molar-refractivity contribution in [2.45, 2.75) is 26.3 Å². The summed E-state index contributed by atoms with van der Waals surface area (Å²) in [6, 6.07) is 0. The molecule has 0 unspecified atom stereocenters. The van der Waals surface area contributed by atoms with Crippen LogP contribution in [0.25, 0.3) is 0 Å². The van der Waals surface area contributed by atoms with E-state index < -0.39 is 0 Å². The maximum Gasteiger partial charge on any atom is 0.320 e. The Labute approximate surface area is 111 Å². The van der Waals surface area contributed by atoms with Crippen molar-refractivity contribution in [2.75, 3.05) is 54.1 Å². The molecule has 0 aromatic carbocycles. The van der Waals surface area contributed by atoms with E-state index in [-0.39, 0.29) is 11.5 Å². The molecule has 5 heteroatoms. The van der Waals surface area contributed by atoms with Gasteiger partial charge in [-0.15, -0.1) is 0 Å². The van der Waals surface area contributed by atoms with Gasteiger partial charge in [0.2, 0.25) is 0 Å². The van der Waals surface area contributed by atoms with Crippen LogP contribution in [-0.4, -0.2) is 75.4 Å². The monoisotopic (exact) mass is 260 g/mol. The van der Waals surface area contributed by atoms with E-state index in [0.717, 1.165) is 6.54 Å². The number of hydrogen-bond donors (Lipinski definition) is 0. The minimum Gasteiger partial charge on any atom is -0.463 e. The van der Waals surface area contributed by atoms with Crippen molar-refractivity contribution in [1.29, 1.82) is 0 Å². The Bertz CT molecular complexity index is 242. The zero-order chi connectivity index (χ0) is 14.2. The van der Waals surface area contributed by atoms with Crippen molar-refractivity contribution < 1.29 is 14.3 Å². The van der Waals surface area contributed by atoms with Gasteiger partial charge in [-0.1, -0.05) is 0 Å². The fourth-order valence-corrected chi connectivity index (χ4v) is 1.10. The molecule has 0 aromatic heterocycles. The van der Waals surface area contributed by atoms with Crippen LogP contribution >= 0.6 is 0 Å². The van der Waals surface area contributed by atoms with E-state index in [1.165, 1.54) is 0 Å². The molecule has 18 heavy (non-hydrogen) atoms. The van der Waals surface area contributed by atoms with Crippen LogP contribution in [-0.2, 0) is 14.3 Å². The van der Waals surface area contributed by atoms with E-state index in [0.29, 0.717) is 26.4 Å². The molecule has 0 radical (unpaired) electrons.